The van der Waals surface area contributed by atoms with Gasteiger partial charge in [-0.3, -0.25) is 0 Å². The summed E-state index contributed by atoms with van der Waals surface area (Å²) < 4.78 is 6.56. The molecule has 1 aliphatic rings. The lowest BCUT2D eigenvalue weighted by molar-refractivity contribution is 0.669. The molecular weight excluding hydrogens is 787 g/mol. The fourth-order valence-electron chi connectivity index (χ4n) is 10.9. The van der Waals surface area contributed by atoms with Crippen LogP contribution in [-0.4, -0.2) is 0 Å². The largest absolute Gasteiger partial charge is 0.456 e. The fraction of sp³-hybridized carbons (Fsp3) is 0.0159. The molecule has 11 aromatic carbocycles. The second-order valence-electron chi connectivity index (χ2n) is 17.2. The monoisotopic (exact) mass is 827 g/mol. The van der Waals surface area contributed by atoms with E-state index in [4.69, 9.17) is 4.42 Å². The average molecular weight is 828 g/mol. The molecular formula is C63H41NO. The van der Waals surface area contributed by atoms with Crippen molar-refractivity contribution in [1.29, 1.82) is 0 Å². The highest BCUT2D eigenvalue weighted by molar-refractivity contribution is 6.14. The Labute approximate surface area is 377 Å². The van der Waals surface area contributed by atoms with Crippen LogP contribution in [0.1, 0.15) is 22.3 Å². The zero-order chi connectivity index (χ0) is 42.9. The Morgan fingerprint density at radius 1 is 0.308 bits per heavy atom. The predicted octanol–water partition coefficient (Wildman–Crippen LogP) is 17.1. The number of anilines is 3. The molecule has 1 aromatic heterocycles. The Morgan fingerprint density at radius 3 is 1.63 bits per heavy atom. The van der Waals surface area contributed by atoms with Crippen LogP contribution >= 0.6 is 0 Å². The summed E-state index contributed by atoms with van der Waals surface area (Å²) in [4.78, 5) is 2.40. The van der Waals surface area contributed by atoms with Gasteiger partial charge in [0.05, 0.1) is 5.41 Å². The molecule has 1 heterocycles. The van der Waals surface area contributed by atoms with E-state index in [-0.39, 0.29) is 0 Å². The summed E-state index contributed by atoms with van der Waals surface area (Å²) in [5.41, 5.74) is 16.6. The topological polar surface area (TPSA) is 16.4 Å². The number of para-hydroxylation sites is 1. The molecule has 65 heavy (non-hydrogen) atoms. The highest BCUT2D eigenvalue weighted by Gasteiger charge is 2.47. The number of rotatable bonds is 7. The molecule has 0 saturated carbocycles. The van der Waals surface area contributed by atoms with E-state index in [1.165, 1.54) is 77.2 Å². The summed E-state index contributed by atoms with van der Waals surface area (Å²) >= 11 is 0. The highest BCUT2D eigenvalue weighted by atomic mass is 16.3. The standard InChI is InChI=1S/C63H41NO/c1-4-17-42(18-5-1)51-28-16-29-58-62(51)56-38-36-48(40-59(56)63(58,45-20-6-2-7-21-45)46-22-8-3-9-23-46)64(49-35-37-55-54-27-14-15-30-60(54)65-61(55)41-49)47-33-31-43(32-34-47)57-39-44-19-10-11-24-50(44)52-25-12-13-26-53(52)57/h1-41H. The maximum Gasteiger partial charge on any atom is 0.137 e. The third-order valence-electron chi connectivity index (χ3n) is 13.7. The van der Waals surface area contributed by atoms with Crippen LogP contribution < -0.4 is 4.90 Å². The van der Waals surface area contributed by atoms with Crippen molar-refractivity contribution < 1.29 is 4.42 Å². The van der Waals surface area contributed by atoms with E-state index in [0.717, 1.165) is 39.0 Å². The van der Waals surface area contributed by atoms with Crippen LogP contribution in [0.3, 0.4) is 0 Å². The van der Waals surface area contributed by atoms with Crippen molar-refractivity contribution in [1.82, 2.24) is 0 Å². The van der Waals surface area contributed by atoms with E-state index in [1.807, 2.05) is 6.07 Å². The van der Waals surface area contributed by atoms with Gasteiger partial charge in [0, 0.05) is 33.9 Å². The van der Waals surface area contributed by atoms with E-state index >= 15 is 0 Å². The Kier molecular flexibility index (Phi) is 8.47. The van der Waals surface area contributed by atoms with E-state index in [2.05, 4.69) is 248 Å². The molecule has 0 saturated heterocycles. The number of furan rings is 1. The van der Waals surface area contributed by atoms with Crippen molar-refractivity contribution in [3.05, 3.63) is 271 Å². The first-order valence-electron chi connectivity index (χ1n) is 22.4. The molecule has 304 valence electrons. The SMILES string of the molecule is c1ccc(-c2cccc3c2-c2ccc(N(c4ccc(-c5cc6ccccc6c6ccccc56)cc4)c4ccc5c(c4)oc4ccccc45)cc2C3(c2ccccc2)c2ccccc2)cc1. The Hall–Kier alpha value is -8.46. The summed E-state index contributed by atoms with van der Waals surface area (Å²) in [6, 6.07) is 90.9. The van der Waals surface area contributed by atoms with Crippen molar-refractivity contribution in [3.8, 4) is 33.4 Å². The summed E-state index contributed by atoms with van der Waals surface area (Å²) in [5, 5.41) is 7.24. The van der Waals surface area contributed by atoms with Gasteiger partial charge in [-0.2, -0.15) is 0 Å². The minimum absolute atomic E-state index is 0.594. The normalized spacial score (nSPS) is 12.7. The van der Waals surface area contributed by atoms with Crippen LogP contribution in [0.25, 0.3) is 76.9 Å². The molecule has 2 heteroatoms. The average Bonchev–Trinajstić information content (AvgIpc) is 3.90. The summed E-state index contributed by atoms with van der Waals surface area (Å²) in [6.45, 7) is 0. The highest BCUT2D eigenvalue weighted by Crippen LogP contribution is 2.59. The second kappa shape index (κ2) is 14.8. The van der Waals surface area contributed by atoms with Crippen molar-refractivity contribution in [2.24, 2.45) is 0 Å². The molecule has 1 aliphatic carbocycles. The minimum Gasteiger partial charge on any atom is -0.456 e. The first-order chi connectivity index (χ1) is 32.2. The van der Waals surface area contributed by atoms with Gasteiger partial charge in [-0.15, -0.1) is 0 Å². The van der Waals surface area contributed by atoms with Crippen LogP contribution in [-0.2, 0) is 5.41 Å². The van der Waals surface area contributed by atoms with E-state index in [9.17, 15) is 0 Å². The van der Waals surface area contributed by atoms with Gasteiger partial charge in [0.2, 0.25) is 0 Å². The maximum atomic E-state index is 6.56. The van der Waals surface area contributed by atoms with E-state index in [1.54, 1.807) is 0 Å². The molecule has 0 unspecified atom stereocenters. The lowest BCUT2D eigenvalue weighted by Crippen LogP contribution is -2.28. The number of hydrogen-bond donors (Lipinski definition) is 0. The number of benzene rings is 11. The third kappa shape index (κ3) is 5.74. The molecule has 0 fully saturated rings. The van der Waals surface area contributed by atoms with Crippen molar-refractivity contribution in [3.63, 3.8) is 0 Å². The smallest absolute Gasteiger partial charge is 0.137 e. The lowest BCUT2D eigenvalue weighted by atomic mass is 9.67. The molecule has 13 rings (SSSR count). The summed E-state index contributed by atoms with van der Waals surface area (Å²) in [6.07, 6.45) is 0. The van der Waals surface area contributed by atoms with Crippen molar-refractivity contribution in [2.45, 2.75) is 5.41 Å². The van der Waals surface area contributed by atoms with Crippen LogP contribution in [0.5, 0.6) is 0 Å². The maximum absolute atomic E-state index is 6.56. The van der Waals surface area contributed by atoms with Gasteiger partial charge in [-0.1, -0.05) is 194 Å². The second-order valence-corrected chi connectivity index (χ2v) is 17.2. The number of fused-ring (bicyclic) bond motifs is 9. The van der Waals surface area contributed by atoms with Gasteiger partial charge in [0.25, 0.3) is 0 Å². The van der Waals surface area contributed by atoms with Crippen molar-refractivity contribution in [2.75, 3.05) is 4.90 Å². The van der Waals surface area contributed by atoms with Gasteiger partial charge < -0.3 is 9.32 Å². The lowest BCUT2D eigenvalue weighted by Gasteiger charge is -2.35. The van der Waals surface area contributed by atoms with Crippen LogP contribution in [0, 0.1) is 0 Å². The fourth-order valence-corrected chi connectivity index (χ4v) is 10.9. The van der Waals surface area contributed by atoms with Gasteiger partial charge in [0.1, 0.15) is 11.2 Å². The minimum atomic E-state index is -0.594. The molecule has 0 bridgehead atoms. The van der Waals surface area contributed by atoms with Gasteiger partial charge in [-0.05, 0) is 126 Å². The molecule has 2 nitrogen and oxygen atoms in total. The number of hydrogen-bond acceptors (Lipinski definition) is 2. The van der Waals surface area contributed by atoms with E-state index in [0.29, 0.717) is 0 Å². The molecule has 0 aliphatic heterocycles. The first kappa shape index (κ1) is 37.1. The third-order valence-corrected chi connectivity index (χ3v) is 13.7. The zero-order valence-electron chi connectivity index (χ0n) is 35.5. The predicted molar refractivity (Wildman–Crippen MR) is 272 cm³/mol. The Morgan fingerprint density at radius 2 is 0.877 bits per heavy atom. The molecule has 0 atom stereocenters. The van der Waals surface area contributed by atoms with Crippen LogP contribution in [0.4, 0.5) is 17.1 Å². The summed E-state index contributed by atoms with van der Waals surface area (Å²) in [5.74, 6) is 0. The van der Waals surface area contributed by atoms with E-state index < -0.39 is 5.41 Å². The Balaban J connectivity index is 1.06. The quantitative estimate of drug-likeness (QED) is 0.149. The molecule has 0 N–H and O–H groups in total. The number of nitrogens with zero attached hydrogens (tertiary/aromatic N) is 1. The van der Waals surface area contributed by atoms with Crippen LogP contribution in [0.15, 0.2) is 253 Å². The first-order valence-corrected chi connectivity index (χ1v) is 22.4. The molecule has 0 radical (unpaired) electrons. The van der Waals surface area contributed by atoms with Crippen molar-refractivity contribution >= 4 is 60.5 Å². The van der Waals surface area contributed by atoms with Gasteiger partial charge in [-0.25, -0.2) is 0 Å². The molecule has 12 aromatic rings. The molecule has 0 amide bonds. The Bertz CT molecular complexity index is 3720. The van der Waals surface area contributed by atoms with Gasteiger partial charge >= 0.3 is 0 Å². The zero-order valence-corrected chi connectivity index (χ0v) is 35.5. The summed E-state index contributed by atoms with van der Waals surface area (Å²) in [7, 11) is 0. The van der Waals surface area contributed by atoms with Crippen LogP contribution in [0.2, 0.25) is 0 Å². The molecule has 0 spiro atoms. The van der Waals surface area contributed by atoms with Gasteiger partial charge in [0.15, 0.2) is 0 Å².